The van der Waals surface area contributed by atoms with E-state index in [0.29, 0.717) is 29.8 Å². The third-order valence-corrected chi connectivity index (χ3v) is 12.0. The van der Waals surface area contributed by atoms with Crippen LogP contribution in [-0.4, -0.2) is 39.8 Å². The molecule has 3 aromatic rings. The summed E-state index contributed by atoms with van der Waals surface area (Å²) < 4.78 is 0.845. The minimum atomic E-state index is -0.424. The standard InChI is InChI=1S/C14H18N2.C13H14N2O3.C7H11NO.C6H4BrNO2.H2/c1-10-11-2-6-13(7-3-11)16(10)14-8-4-12(15)5-9-14;16-13-9-1-3-10(4-2-9)14(13)11-5-7-12(8-6-11)15(17)18;9-7-5-1-3-6(8-7)4-2-5;7-5-1-3-6(4-2-5)8(9)10;/h4-5,8-9,11,13H,1-3,6-7,15H2;5-10H,1-4H2;5-6H,1-4H2,(H,8,9);1-4H;1H. The summed E-state index contributed by atoms with van der Waals surface area (Å²) in [5, 5.41) is 23.7. The molecule has 53 heavy (non-hydrogen) atoms. The van der Waals surface area contributed by atoms with Gasteiger partial charge in [0.15, 0.2) is 0 Å². The molecule has 0 spiro atoms. The second-order valence-electron chi connectivity index (χ2n) is 14.7. The third kappa shape index (κ3) is 9.06. The molecule has 9 fully saturated rings. The second-order valence-corrected chi connectivity index (χ2v) is 15.7. The van der Waals surface area contributed by atoms with Crippen molar-refractivity contribution in [2.75, 3.05) is 15.5 Å². The third-order valence-electron chi connectivity index (χ3n) is 11.5. The van der Waals surface area contributed by atoms with Gasteiger partial charge in [0.25, 0.3) is 11.4 Å². The maximum absolute atomic E-state index is 12.2. The minimum Gasteiger partial charge on any atom is -0.399 e. The Morgan fingerprint density at radius 1 is 0.642 bits per heavy atom. The lowest BCUT2D eigenvalue weighted by molar-refractivity contribution is -0.385. The average Bonchev–Trinajstić information content (AvgIpc) is 3.18. The smallest absolute Gasteiger partial charge is 0.269 e. The van der Waals surface area contributed by atoms with Crippen LogP contribution in [0.25, 0.3) is 0 Å². The number of nitro benzene ring substituents is 2. The number of allylic oxidation sites excluding steroid dienone is 1. The van der Waals surface area contributed by atoms with Crippen LogP contribution in [0.1, 0.15) is 78.5 Å². The van der Waals surface area contributed by atoms with Gasteiger partial charge in [0.2, 0.25) is 11.8 Å². The molecule has 12 rings (SSSR count). The number of carbonyl (C=O) groups is 2. The van der Waals surface area contributed by atoms with Gasteiger partial charge < -0.3 is 20.9 Å². The van der Waals surface area contributed by atoms with Crippen molar-refractivity contribution in [3.63, 3.8) is 0 Å². The molecule has 3 aliphatic carbocycles. The Labute approximate surface area is 319 Å². The van der Waals surface area contributed by atoms with Gasteiger partial charge in [-0.05, 0) is 131 Å². The number of amides is 2. The van der Waals surface area contributed by atoms with Crippen molar-refractivity contribution in [3.05, 3.63) is 110 Å². The van der Waals surface area contributed by atoms with Crippen LogP contribution in [-0.2, 0) is 9.59 Å². The summed E-state index contributed by atoms with van der Waals surface area (Å²) in [6, 6.07) is 22.1. The Morgan fingerprint density at radius 3 is 1.49 bits per heavy atom. The molecule has 3 aromatic carbocycles. The van der Waals surface area contributed by atoms with Gasteiger partial charge in [-0.3, -0.25) is 29.8 Å². The first-order chi connectivity index (χ1) is 25.5. The number of carbonyl (C=O) groups excluding carboxylic acids is 2. The van der Waals surface area contributed by atoms with E-state index < -0.39 is 9.85 Å². The van der Waals surface area contributed by atoms with Gasteiger partial charge in [-0.2, -0.15) is 0 Å². The van der Waals surface area contributed by atoms with Crippen molar-refractivity contribution >= 4 is 56.2 Å². The molecule has 282 valence electrons. The Hall–Kier alpha value is -4.78. The highest BCUT2D eigenvalue weighted by Gasteiger charge is 2.41. The number of nitrogens with one attached hydrogen (secondary N) is 1. The molecule has 0 atom stereocenters. The number of nitrogens with zero attached hydrogens (tertiary/aromatic N) is 4. The van der Waals surface area contributed by atoms with Crippen molar-refractivity contribution in [1.82, 2.24) is 5.32 Å². The quantitative estimate of drug-likeness (QED) is 0.150. The molecule has 13 heteroatoms. The molecule has 2 amide bonds. The van der Waals surface area contributed by atoms with E-state index in [0.717, 1.165) is 54.4 Å². The Bertz CT molecular complexity index is 1790. The van der Waals surface area contributed by atoms with E-state index in [2.05, 4.69) is 44.9 Å². The maximum atomic E-state index is 12.2. The molecule has 12 nitrogen and oxygen atoms in total. The lowest BCUT2D eigenvalue weighted by Gasteiger charge is -2.48. The van der Waals surface area contributed by atoms with E-state index in [1.54, 1.807) is 24.3 Å². The Morgan fingerprint density at radius 2 is 1.08 bits per heavy atom. The highest BCUT2D eigenvalue weighted by atomic mass is 79.9. The van der Waals surface area contributed by atoms with Gasteiger partial charge in [0, 0.05) is 82.9 Å². The summed E-state index contributed by atoms with van der Waals surface area (Å²) >= 11 is 3.17. The molecule has 3 N–H and O–H groups in total. The molecule has 0 aromatic heterocycles. The molecule has 3 saturated carbocycles. The van der Waals surface area contributed by atoms with Crippen LogP contribution in [0.3, 0.4) is 0 Å². The SMILES string of the molecule is C=C1C2CCC(CC2)N1c1ccc(N)cc1.O=C1C2CCC(CC2)N1c1ccc([N+](=O)[O-])cc1.O=C1NC2CCC1CC2.O=[N+]([O-])c1ccc(Br)cc1.[HH]. The Balaban J connectivity index is 0.000000143. The van der Waals surface area contributed by atoms with Crippen LogP contribution in [0.4, 0.5) is 28.4 Å². The number of nitrogen functional groups attached to an aromatic ring is 1. The normalized spacial score (nSPS) is 26.2. The highest BCUT2D eigenvalue weighted by Crippen LogP contribution is 2.44. The summed E-state index contributed by atoms with van der Waals surface area (Å²) in [6.45, 7) is 4.27. The summed E-state index contributed by atoms with van der Waals surface area (Å²) in [7, 11) is 0. The van der Waals surface area contributed by atoms with Crippen LogP contribution in [0.15, 0.2) is 89.5 Å². The van der Waals surface area contributed by atoms with Gasteiger partial charge in [-0.25, -0.2) is 0 Å². The van der Waals surface area contributed by atoms with Crippen molar-refractivity contribution < 1.29 is 20.9 Å². The molecule has 6 heterocycles. The fraction of sp³-hybridized carbons (Fsp3) is 0.450. The monoisotopic (exact) mass is 788 g/mol. The van der Waals surface area contributed by atoms with E-state index in [-0.39, 0.29) is 30.7 Å². The van der Waals surface area contributed by atoms with E-state index in [9.17, 15) is 29.8 Å². The van der Waals surface area contributed by atoms with Crippen LogP contribution >= 0.6 is 15.9 Å². The second kappa shape index (κ2) is 16.9. The van der Waals surface area contributed by atoms with E-state index in [1.165, 1.54) is 74.2 Å². The zero-order valence-corrected chi connectivity index (χ0v) is 31.4. The fourth-order valence-corrected chi connectivity index (χ4v) is 8.79. The van der Waals surface area contributed by atoms with Crippen molar-refractivity contribution in [2.24, 2.45) is 17.8 Å². The lowest BCUT2D eigenvalue weighted by atomic mass is 9.77. The zero-order chi connectivity index (χ0) is 37.6. The first kappa shape index (κ1) is 38.0. The molecule has 9 aliphatic rings. The number of anilines is 3. The van der Waals surface area contributed by atoms with Crippen LogP contribution in [0.5, 0.6) is 0 Å². The fourth-order valence-electron chi connectivity index (χ4n) is 8.52. The maximum Gasteiger partial charge on any atom is 0.269 e. The van der Waals surface area contributed by atoms with Crippen LogP contribution in [0, 0.1) is 38.0 Å². The van der Waals surface area contributed by atoms with E-state index in [1.807, 2.05) is 17.0 Å². The summed E-state index contributed by atoms with van der Waals surface area (Å²) in [5.41, 5.74) is 10.1. The summed E-state index contributed by atoms with van der Waals surface area (Å²) in [6.07, 6.45) is 14.1. The lowest BCUT2D eigenvalue weighted by Crippen LogP contribution is -2.52. The number of halogens is 1. The number of nitro groups is 2. The van der Waals surface area contributed by atoms with Gasteiger partial charge in [-0.15, -0.1) is 0 Å². The van der Waals surface area contributed by atoms with Crippen molar-refractivity contribution in [2.45, 2.75) is 95.2 Å². The summed E-state index contributed by atoms with van der Waals surface area (Å²) in [4.78, 5) is 47.3. The molecule has 0 unspecified atom stereocenters. The number of piperidine rings is 6. The van der Waals surface area contributed by atoms with Crippen LogP contribution in [0.2, 0.25) is 0 Å². The van der Waals surface area contributed by atoms with Crippen molar-refractivity contribution in [3.8, 4) is 0 Å². The number of hydrogen-bond acceptors (Lipinski definition) is 8. The topological polar surface area (TPSA) is 165 Å². The molecule has 0 radical (unpaired) electrons. The average molecular weight is 790 g/mol. The predicted octanol–water partition coefficient (Wildman–Crippen LogP) is 8.94. The molecular formula is C40H49BrN6O6. The highest BCUT2D eigenvalue weighted by molar-refractivity contribution is 9.10. The van der Waals surface area contributed by atoms with Gasteiger partial charge in [0.05, 0.1) is 9.85 Å². The largest absolute Gasteiger partial charge is 0.399 e. The molecule has 6 aliphatic heterocycles. The number of hydrogen-bond donors (Lipinski definition) is 2. The number of non-ortho nitro benzene ring substituents is 2. The number of rotatable bonds is 4. The molecule has 6 saturated heterocycles. The first-order valence-corrected chi connectivity index (χ1v) is 19.4. The van der Waals surface area contributed by atoms with E-state index >= 15 is 0 Å². The van der Waals surface area contributed by atoms with Gasteiger partial charge in [0.1, 0.15) is 0 Å². The first-order valence-electron chi connectivity index (χ1n) is 18.6. The Kier molecular flexibility index (Phi) is 12.1. The minimum absolute atomic E-state index is 0. The van der Waals surface area contributed by atoms with Gasteiger partial charge >= 0.3 is 0 Å². The van der Waals surface area contributed by atoms with E-state index in [4.69, 9.17) is 5.73 Å². The van der Waals surface area contributed by atoms with Crippen LogP contribution < -0.4 is 20.9 Å². The summed E-state index contributed by atoms with van der Waals surface area (Å²) in [5.74, 6) is 1.73. The number of benzene rings is 3. The number of fused-ring (bicyclic) bond motifs is 9. The zero-order valence-electron chi connectivity index (χ0n) is 29.8. The predicted molar refractivity (Wildman–Crippen MR) is 211 cm³/mol. The molecule has 6 bridgehead atoms. The van der Waals surface area contributed by atoms with Crippen molar-refractivity contribution in [1.29, 1.82) is 0 Å². The number of nitrogens with two attached hydrogens (primary N) is 1. The molecular weight excluding hydrogens is 740 g/mol. The van der Waals surface area contributed by atoms with Gasteiger partial charge in [-0.1, -0.05) is 22.5 Å².